The summed E-state index contributed by atoms with van der Waals surface area (Å²) in [5.74, 6) is 0.399. The van der Waals surface area contributed by atoms with Gasteiger partial charge in [0.25, 0.3) is 0 Å². The Labute approximate surface area is 110 Å². The molecule has 3 heteroatoms. The summed E-state index contributed by atoms with van der Waals surface area (Å²) >= 11 is 0. The van der Waals surface area contributed by atoms with Gasteiger partial charge in [-0.2, -0.15) is 0 Å². The van der Waals surface area contributed by atoms with Crippen LogP contribution in [0.3, 0.4) is 0 Å². The van der Waals surface area contributed by atoms with E-state index in [1.165, 1.54) is 0 Å². The summed E-state index contributed by atoms with van der Waals surface area (Å²) in [6.45, 7) is 9.59. The number of rotatable bonds is 6. The Bertz CT molecular complexity index is 388. The maximum absolute atomic E-state index is 14.0. The predicted molar refractivity (Wildman–Crippen MR) is 74.9 cm³/mol. The molecule has 0 aliphatic rings. The SMILES string of the molecule is COCCNc1c(C(C)C)ccc(F)c1C(C)C. The van der Waals surface area contributed by atoms with Crippen molar-refractivity contribution in [3.05, 3.63) is 29.1 Å². The number of nitrogens with one attached hydrogen (secondary N) is 1. The van der Waals surface area contributed by atoms with Crippen LogP contribution in [0.1, 0.15) is 50.7 Å². The monoisotopic (exact) mass is 253 g/mol. The largest absolute Gasteiger partial charge is 0.383 e. The van der Waals surface area contributed by atoms with Gasteiger partial charge < -0.3 is 10.1 Å². The molecule has 1 rings (SSSR count). The van der Waals surface area contributed by atoms with Gasteiger partial charge >= 0.3 is 0 Å². The van der Waals surface area contributed by atoms with Crippen molar-refractivity contribution < 1.29 is 9.13 Å². The van der Waals surface area contributed by atoms with E-state index in [1.807, 2.05) is 19.9 Å². The minimum atomic E-state index is -0.130. The van der Waals surface area contributed by atoms with Crippen molar-refractivity contribution in [3.63, 3.8) is 0 Å². The number of ether oxygens (including phenoxy) is 1. The van der Waals surface area contributed by atoms with Crippen molar-refractivity contribution in [3.8, 4) is 0 Å². The Hall–Kier alpha value is -1.09. The van der Waals surface area contributed by atoms with Gasteiger partial charge in [0.2, 0.25) is 0 Å². The fourth-order valence-corrected chi connectivity index (χ4v) is 2.13. The quantitative estimate of drug-likeness (QED) is 0.770. The van der Waals surface area contributed by atoms with Gasteiger partial charge in [0, 0.05) is 24.9 Å². The van der Waals surface area contributed by atoms with Crippen LogP contribution < -0.4 is 5.32 Å². The number of halogens is 1. The Morgan fingerprint density at radius 3 is 2.33 bits per heavy atom. The zero-order valence-corrected chi connectivity index (χ0v) is 12.0. The summed E-state index contributed by atoms with van der Waals surface area (Å²) < 4.78 is 19.0. The molecule has 2 nitrogen and oxygen atoms in total. The van der Waals surface area contributed by atoms with Gasteiger partial charge in [0.15, 0.2) is 0 Å². The van der Waals surface area contributed by atoms with E-state index in [1.54, 1.807) is 13.2 Å². The molecule has 0 spiro atoms. The molecule has 0 bridgehead atoms. The summed E-state index contributed by atoms with van der Waals surface area (Å²) in [6.07, 6.45) is 0. The first-order valence-electron chi connectivity index (χ1n) is 6.54. The molecule has 0 aliphatic heterocycles. The van der Waals surface area contributed by atoms with Crippen LogP contribution in [0.2, 0.25) is 0 Å². The van der Waals surface area contributed by atoms with Gasteiger partial charge in [-0.05, 0) is 23.5 Å². The summed E-state index contributed by atoms with van der Waals surface area (Å²) in [6, 6.07) is 3.45. The van der Waals surface area contributed by atoms with Gasteiger partial charge in [-0.1, -0.05) is 33.8 Å². The Morgan fingerprint density at radius 2 is 1.83 bits per heavy atom. The third-order valence-electron chi connectivity index (χ3n) is 3.03. The number of anilines is 1. The highest BCUT2D eigenvalue weighted by Crippen LogP contribution is 2.34. The Kier molecular flexibility index (Phi) is 5.60. The molecule has 0 aromatic heterocycles. The van der Waals surface area contributed by atoms with Crippen LogP contribution in [0.15, 0.2) is 12.1 Å². The van der Waals surface area contributed by atoms with Crippen molar-refractivity contribution in [1.82, 2.24) is 0 Å². The molecule has 18 heavy (non-hydrogen) atoms. The molecule has 0 saturated carbocycles. The average Bonchev–Trinajstić information content (AvgIpc) is 2.28. The molecule has 0 heterocycles. The fraction of sp³-hybridized carbons (Fsp3) is 0.600. The molecule has 0 unspecified atom stereocenters. The Balaban J connectivity index is 3.16. The molecule has 0 atom stereocenters. The summed E-state index contributed by atoms with van der Waals surface area (Å²) in [5, 5.41) is 3.32. The molecule has 1 aromatic rings. The first-order chi connectivity index (χ1) is 8.49. The topological polar surface area (TPSA) is 21.3 Å². The predicted octanol–water partition coefficient (Wildman–Crippen LogP) is 4.13. The lowest BCUT2D eigenvalue weighted by Gasteiger charge is -2.21. The van der Waals surface area contributed by atoms with Crippen LogP contribution >= 0.6 is 0 Å². The maximum atomic E-state index is 14.0. The second-order valence-corrected chi connectivity index (χ2v) is 5.15. The van der Waals surface area contributed by atoms with Crippen molar-refractivity contribution >= 4 is 5.69 Å². The molecule has 102 valence electrons. The highest BCUT2D eigenvalue weighted by molar-refractivity contribution is 5.60. The molecule has 0 amide bonds. The lowest BCUT2D eigenvalue weighted by atomic mass is 9.92. The molecular weight excluding hydrogens is 229 g/mol. The fourth-order valence-electron chi connectivity index (χ4n) is 2.13. The highest BCUT2D eigenvalue weighted by atomic mass is 19.1. The lowest BCUT2D eigenvalue weighted by Crippen LogP contribution is -2.13. The van der Waals surface area contributed by atoms with Crippen LogP contribution in [0, 0.1) is 5.82 Å². The van der Waals surface area contributed by atoms with E-state index < -0.39 is 0 Å². The number of hydrogen-bond acceptors (Lipinski definition) is 2. The van der Waals surface area contributed by atoms with E-state index in [-0.39, 0.29) is 11.7 Å². The molecule has 0 saturated heterocycles. The number of benzene rings is 1. The van der Waals surface area contributed by atoms with Crippen LogP contribution in [0.4, 0.5) is 10.1 Å². The molecule has 0 fully saturated rings. The van der Waals surface area contributed by atoms with Crippen LogP contribution in [0.25, 0.3) is 0 Å². The highest BCUT2D eigenvalue weighted by Gasteiger charge is 2.17. The summed E-state index contributed by atoms with van der Waals surface area (Å²) in [7, 11) is 1.67. The first-order valence-corrected chi connectivity index (χ1v) is 6.54. The van der Waals surface area contributed by atoms with Crippen molar-refractivity contribution in [1.29, 1.82) is 0 Å². The lowest BCUT2D eigenvalue weighted by molar-refractivity contribution is 0.210. The number of methoxy groups -OCH3 is 1. The molecule has 1 aromatic carbocycles. The van der Waals surface area contributed by atoms with Gasteiger partial charge in [-0.3, -0.25) is 0 Å². The minimum Gasteiger partial charge on any atom is -0.383 e. The molecule has 0 aliphatic carbocycles. The third-order valence-corrected chi connectivity index (χ3v) is 3.03. The van der Waals surface area contributed by atoms with Crippen LogP contribution in [0.5, 0.6) is 0 Å². The van der Waals surface area contributed by atoms with Crippen LogP contribution in [-0.4, -0.2) is 20.3 Å². The smallest absolute Gasteiger partial charge is 0.128 e. The zero-order valence-electron chi connectivity index (χ0n) is 12.0. The van der Waals surface area contributed by atoms with Crippen molar-refractivity contribution in [2.45, 2.75) is 39.5 Å². The zero-order chi connectivity index (χ0) is 13.7. The summed E-state index contributed by atoms with van der Waals surface area (Å²) in [5.41, 5.74) is 2.88. The second-order valence-electron chi connectivity index (χ2n) is 5.15. The first kappa shape index (κ1) is 15.0. The molecular formula is C15H24FNO. The van der Waals surface area contributed by atoms with Gasteiger partial charge in [-0.15, -0.1) is 0 Å². The van der Waals surface area contributed by atoms with E-state index in [0.717, 1.165) is 16.8 Å². The standard InChI is InChI=1S/C15H24FNO/c1-10(2)12-6-7-13(16)14(11(3)4)15(12)17-8-9-18-5/h6-7,10-11,17H,8-9H2,1-5H3. The van der Waals surface area contributed by atoms with Crippen molar-refractivity contribution in [2.75, 3.05) is 25.6 Å². The second kappa shape index (κ2) is 6.74. The van der Waals surface area contributed by atoms with E-state index in [9.17, 15) is 4.39 Å². The van der Waals surface area contributed by atoms with E-state index >= 15 is 0 Å². The van der Waals surface area contributed by atoms with E-state index in [0.29, 0.717) is 19.1 Å². The summed E-state index contributed by atoms with van der Waals surface area (Å²) in [4.78, 5) is 0. The van der Waals surface area contributed by atoms with E-state index in [4.69, 9.17) is 4.74 Å². The van der Waals surface area contributed by atoms with Gasteiger partial charge in [0.1, 0.15) is 5.82 Å². The average molecular weight is 253 g/mol. The van der Waals surface area contributed by atoms with E-state index in [2.05, 4.69) is 19.2 Å². The molecule has 0 radical (unpaired) electrons. The van der Waals surface area contributed by atoms with Gasteiger partial charge in [-0.25, -0.2) is 4.39 Å². The Morgan fingerprint density at radius 1 is 1.17 bits per heavy atom. The minimum absolute atomic E-state index is 0.130. The van der Waals surface area contributed by atoms with Crippen LogP contribution in [-0.2, 0) is 4.74 Å². The van der Waals surface area contributed by atoms with Gasteiger partial charge in [0.05, 0.1) is 6.61 Å². The molecule has 1 N–H and O–H groups in total. The normalized spacial score (nSPS) is 11.3. The third kappa shape index (κ3) is 3.45. The maximum Gasteiger partial charge on any atom is 0.128 e. The van der Waals surface area contributed by atoms with Crippen molar-refractivity contribution in [2.24, 2.45) is 0 Å². The number of hydrogen-bond donors (Lipinski definition) is 1.